The predicted octanol–water partition coefficient (Wildman–Crippen LogP) is 0.890. The third-order valence-electron chi connectivity index (χ3n) is 1.59. The monoisotopic (exact) mass is 212 g/mol. The van der Waals surface area contributed by atoms with E-state index in [1.54, 1.807) is 0 Å². The Hall–Kier alpha value is -1.47. The second-order valence-electron chi connectivity index (χ2n) is 2.60. The standard InChI is InChI=1S/C6H7F3N2O3/c7-6(8,9)5(12)14-11-3-1-2-4(11)10-13/h13H,1-3H2/b10-4+. The molecule has 8 heteroatoms. The van der Waals surface area contributed by atoms with Crippen LogP contribution in [-0.4, -0.2) is 34.8 Å². The van der Waals surface area contributed by atoms with Gasteiger partial charge in [-0.1, -0.05) is 5.16 Å². The number of amidine groups is 1. The molecule has 0 aromatic carbocycles. The highest BCUT2D eigenvalue weighted by Gasteiger charge is 2.43. The molecule has 0 radical (unpaired) electrons. The highest BCUT2D eigenvalue weighted by molar-refractivity contribution is 5.85. The maximum Gasteiger partial charge on any atom is 0.493 e. The van der Waals surface area contributed by atoms with Gasteiger partial charge in [0.2, 0.25) is 0 Å². The van der Waals surface area contributed by atoms with Crippen molar-refractivity contribution in [3.8, 4) is 0 Å². The van der Waals surface area contributed by atoms with Crippen LogP contribution in [0.1, 0.15) is 12.8 Å². The summed E-state index contributed by atoms with van der Waals surface area (Å²) >= 11 is 0. The van der Waals surface area contributed by atoms with E-state index >= 15 is 0 Å². The molecule has 1 N–H and O–H groups in total. The van der Waals surface area contributed by atoms with Crippen molar-refractivity contribution in [3.05, 3.63) is 0 Å². The van der Waals surface area contributed by atoms with E-state index in [2.05, 4.69) is 9.99 Å². The third-order valence-corrected chi connectivity index (χ3v) is 1.59. The zero-order chi connectivity index (χ0) is 10.8. The first-order chi connectivity index (χ1) is 6.45. The molecule has 0 atom stereocenters. The second-order valence-corrected chi connectivity index (χ2v) is 2.60. The maximum absolute atomic E-state index is 11.7. The Morgan fingerprint density at radius 3 is 2.71 bits per heavy atom. The van der Waals surface area contributed by atoms with Gasteiger partial charge in [0.1, 0.15) is 0 Å². The lowest BCUT2D eigenvalue weighted by Gasteiger charge is -2.16. The van der Waals surface area contributed by atoms with Crippen LogP contribution in [0.4, 0.5) is 13.2 Å². The first-order valence-corrected chi connectivity index (χ1v) is 3.72. The molecule has 0 aliphatic carbocycles. The summed E-state index contributed by atoms with van der Waals surface area (Å²) in [4.78, 5) is 14.3. The molecule has 0 aromatic rings. The number of oxime groups is 1. The molecule has 1 aliphatic rings. The SMILES string of the molecule is O=C(ON1CCC/C1=N\O)C(F)(F)F. The van der Waals surface area contributed by atoms with Gasteiger partial charge in [0.25, 0.3) is 0 Å². The quantitative estimate of drug-likeness (QED) is 0.518. The van der Waals surface area contributed by atoms with Crippen LogP contribution in [0.25, 0.3) is 0 Å². The summed E-state index contributed by atoms with van der Waals surface area (Å²) in [6.45, 7) is 0.0984. The Bertz CT molecular complexity index is 264. The van der Waals surface area contributed by atoms with Crippen LogP contribution in [0.3, 0.4) is 0 Å². The van der Waals surface area contributed by atoms with Gasteiger partial charge in [0.05, 0.1) is 6.54 Å². The maximum atomic E-state index is 11.7. The largest absolute Gasteiger partial charge is 0.493 e. The fourth-order valence-electron chi connectivity index (χ4n) is 0.985. The topological polar surface area (TPSA) is 62.1 Å². The number of carbonyl (C=O) groups is 1. The molecule has 0 amide bonds. The average molecular weight is 212 g/mol. The Morgan fingerprint density at radius 1 is 1.57 bits per heavy atom. The first-order valence-electron chi connectivity index (χ1n) is 3.72. The normalized spacial score (nSPS) is 20.2. The number of alkyl halides is 3. The minimum absolute atomic E-state index is 0.0809. The van der Waals surface area contributed by atoms with Crippen LogP contribution in [0, 0.1) is 0 Å². The smallest absolute Gasteiger partial charge is 0.409 e. The van der Waals surface area contributed by atoms with E-state index < -0.39 is 12.1 Å². The van der Waals surface area contributed by atoms with Gasteiger partial charge in [-0.05, 0) is 6.42 Å². The molecule has 0 unspecified atom stereocenters. The molecule has 14 heavy (non-hydrogen) atoms. The Labute approximate surface area is 76.7 Å². The van der Waals surface area contributed by atoms with E-state index in [1.807, 2.05) is 0 Å². The van der Waals surface area contributed by atoms with E-state index in [1.165, 1.54) is 0 Å². The van der Waals surface area contributed by atoms with E-state index in [0.29, 0.717) is 11.5 Å². The molecule has 1 aliphatic heterocycles. The predicted molar refractivity (Wildman–Crippen MR) is 37.3 cm³/mol. The summed E-state index contributed by atoms with van der Waals surface area (Å²) in [7, 11) is 0. The van der Waals surface area contributed by atoms with Gasteiger partial charge < -0.3 is 10.0 Å². The lowest BCUT2D eigenvalue weighted by Crippen LogP contribution is -2.35. The van der Waals surface area contributed by atoms with Crippen LogP contribution in [0.15, 0.2) is 5.16 Å². The van der Waals surface area contributed by atoms with Gasteiger partial charge >= 0.3 is 12.1 Å². The van der Waals surface area contributed by atoms with E-state index in [9.17, 15) is 18.0 Å². The van der Waals surface area contributed by atoms with E-state index in [-0.39, 0.29) is 18.8 Å². The Balaban J connectivity index is 2.57. The number of hydrogen-bond acceptors (Lipinski definition) is 4. The number of hydroxylamine groups is 2. The van der Waals surface area contributed by atoms with Crippen LogP contribution in [-0.2, 0) is 9.63 Å². The molecular weight excluding hydrogens is 205 g/mol. The number of carbonyl (C=O) groups excluding carboxylic acids is 1. The molecule has 0 aromatic heterocycles. The summed E-state index contributed by atoms with van der Waals surface area (Å²) in [5.74, 6) is -2.40. The zero-order valence-electron chi connectivity index (χ0n) is 6.91. The molecule has 0 saturated carbocycles. The fourth-order valence-corrected chi connectivity index (χ4v) is 0.985. The first kappa shape index (κ1) is 10.6. The van der Waals surface area contributed by atoms with Crippen molar-refractivity contribution in [1.29, 1.82) is 0 Å². The van der Waals surface area contributed by atoms with Crippen molar-refractivity contribution in [2.24, 2.45) is 5.16 Å². The lowest BCUT2D eigenvalue weighted by molar-refractivity contribution is -0.224. The average Bonchev–Trinajstić information content (AvgIpc) is 2.50. The minimum Gasteiger partial charge on any atom is -0.409 e. The fraction of sp³-hybridized carbons (Fsp3) is 0.667. The molecule has 1 fully saturated rings. The Kier molecular flexibility index (Phi) is 2.82. The highest BCUT2D eigenvalue weighted by Crippen LogP contribution is 2.20. The van der Waals surface area contributed by atoms with Crippen molar-refractivity contribution in [2.75, 3.05) is 6.54 Å². The number of halogens is 3. The van der Waals surface area contributed by atoms with Gasteiger partial charge in [-0.25, -0.2) is 4.79 Å². The molecule has 0 bridgehead atoms. The summed E-state index contributed by atoms with van der Waals surface area (Å²) in [6, 6.07) is 0. The third kappa shape index (κ3) is 2.27. The highest BCUT2D eigenvalue weighted by atomic mass is 19.4. The van der Waals surface area contributed by atoms with Crippen LogP contribution >= 0.6 is 0 Å². The molecule has 1 rings (SSSR count). The zero-order valence-corrected chi connectivity index (χ0v) is 6.91. The summed E-state index contributed by atoms with van der Waals surface area (Å²) < 4.78 is 35.2. The van der Waals surface area contributed by atoms with Crippen molar-refractivity contribution in [3.63, 3.8) is 0 Å². The van der Waals surface area contributed by atoms with Gasteiger partial charge in [0.15, 0.2) is 5.84 Å². The van der Waals surface area contributed by atoms with Crippen LogP contribution in [0.5, 0.6) is 0 Å². The molecule has 0 spiro atoms. The molecule has 1 heterocycles. The lowest BCUT2D eigenvalue weighted by atomic mass is 10.4. The van der Waals surface area contributed by atoms with Crippen LogP contribution in [0.2, 0.25) is 0 Å². The second kappa shape index (κ2) is 3.72. The van der Waals surface area contributed by atoms with Crippen molar-refractivity contribution >= 4 is 11.8 Å². The van der Waals surface area contributed by atoms with Gasteiger partial charge in [-0.2, -0.15) is 18.2 Å². The number of hydrogen-bond donors (Lipinski definition) is 1. The number of nitrogens with zero attached hydrogens (tertiary/aromatic N) is 2. The summed E-state index contributed by atoms with van der Waals surface area (Å²) in [5, 5.41) is 11.7. The minimum atomic E-state index is -5.04. The van der Waals surface area contributed by atoms with Gasteiger partial charge in [0, 0.05) is 6.42 Å². The molecule has 5 nitrogen and oxygen atoms in total. The molecular formula is C6H7F3N2O3. The van der Waals surface area contributed by atoms with E-state index in [4.69, 9.17) is 5.21 Å². The van der Waals surface area contributed by atoms with Crippen LogP contribution < -0.4 is 0 Å². The molecule has 80 valence electrons. The van der Waals surface area contributed by atoms with Crippen molar-refractivity contribution in [1.82, 2.24) is 5.06 Å². The summed E-state index contributed by atoms with van der Waals surface area (Å²) in [6.07, 6.45) is -4.28. The van der Waals surface area contributed by atoms with E-state index in [0.717, 1.165) is 0 Å². The molecule has 1 saturated heterocycles. The van der Waals surface area contributed by atoms with Gasteiger partial charge in [-0.15, -0.1) is 0 Å². The van der Waals surface area contributed by atoms with Crippen molar-refractivity contribution in [2.45, 2.75) is 19.0 Å². The Morgan fingerprint density at radius 2 is 2.21 bits per heavy atom. The van der Waals surface area contributed by atoms with Crippen molar-refractivity contribution < 1.29 is 28.0 Å². The summed E-state index contributed by atoms with van der Waals surface area (Å²) in [5.41, 5.74) is 0. The van der Waals surface area contributed by atoms with Gasteiger partial charge in [-0.3, -0.25) is 0 Å². The number of rotatable bonds is 1.